The highest BCUT2D eigenvalue weighted by atomic mass is 16.6. The number of benzene rings is 1. The van der Waals surface area contributed by atoms with E-state index in [1.54, 1.807) is 13.0 Å². The van der Waals surface area contributed by atoms with Crippen molar-refractivity contribution in [2.75, 3.05) is 0 Å². The number of aryl methyl sites for hydroxylation is 1. The zero-order chi connectivity index (χ0) is 15.9. The van der Waals surface area contributed by atoms with E-state index in [-0.39, 0.29) is 17.6 Å². The number of nitrogens with zero attached hydrogens (tertiary/aromatic N) is 1. The fraction of sp³-hybridized carbons (Fsp3) is 0.588. The fourth-order valence-electron chi connectivity index (χ4n) is 4.31. The third kappa shape index (κ3) is 2.72. The Balaban J connectivity index is 1.66. The Morgan fingerprint density at radius 3 is 2.68 bits per heavy atom. The lowest BCUT2D eigenvalue weighted by molar-refractivity contribution is -0.385. The highest BCUT2D eigenvalue weighted by molar-refractivity contribution is 5.94. The molecule has 2 saturated carbocycles. The smallest absolute Gasteiger partial charge is 0.272 e. The maximum Gasteiger partial charge on any atom is 0.272 e. The van der Waals surface area contributed by atoms with Gasteiger partial charge in [-0.25, -0.2) is 0 Å². The summed E-state index contributed by atoms with van der Waals surface area (Å²) in [6.07, 6.45) is 5.20. The minimum Gasteiger partial charge on any atom is -0.349 e. The number of rotatable bonds is 4. The molecule has 4 unspecified atom stereocenters. The van der Waals surface area contributed by atoms with E-state index in [9.17, 15) is 14.9 Å². The highest BCUT2D eigenvalue weighted by Gasteiger charge is 2.42. The second-order valence-electron chi connectivity index (χ2n) is 6.86. The van der Waals surface area contributed by atoms with Gasteiger partial charge in [-0.2, -0.15) is 0 Å². The summed E-state index contributed by atoms with van der Waals surface area (Å²) in [6.45, 7) is 3.75. The van der Waals surface area contributed by atoms with E-state index < -0.39 is 4.92 Å². The molecule has 5 nitrogen and oxygen atoms in total. The molecule has 0 aliphatic heterocycles. The Bertz CT molecular complexity index is 614. The predicted molar refractivity (Wildman–Crippen MR) is 83.7 cm³/mol. The van der Waals surface area contributed by atoms with Crippen molar-refractivity contribution in [1.82, 2.24) is 5.32 Å². The average Bonchev–Trinajstić information content (AvgIpc) is 3.09. The molecule has 0 aromatic heterocycles. The standard InChI is InChI=1S/C17H22N2O3/c1-10-7-14(5-6-16(10)19(21)22)17(20)18-11(2)15-9-12-3-4-13(15)8-12/h5-7,11-13,15H,3-4,8-9H2,1-2H3,(H,18,20). The Kier molecular flexibility index (Phi) is 3.89. The molecule has 2 aliphatic rings. The number of nitrogens with one attached hydrogen (secondary N) is 1. The molecule has 1 N–H and O–H groups in total. The van der Waals surface area contributed by atoms with E-state index in [2.05, 4.69) is 12.2 Å². The lowest BCUT2D eigenvalue weighted by Gasteiger charge is -2.28. The summed E-state index contributed by atoms with van der Waals surface area (Å²) in [5.41, 5.74) is 1.07. The number of fused-ring (bicyclic) bond motifs is 2. The van der Waals surface area contributed by atoms with Gasteiger partial charge in [0, 0.05) is 23.2 Å². The number of hydrogen-bond donors (Lipinski definition) is 1. The molecule has 1 aromatic carbocycles. The van der Waals surface area contributed by atoms with Gasteiger partial charge in [-0.15, -0.1) is 0 Å². The molecule has 2 fully saturated rings. The summed E-state index contributed by atoms with van der Waals surface area (Å²) in [5.74, 6) is 2.07. The van der Waals surface area contributed by atoms with Crippen molar-refractivity contribution in [2.45, 2.75) is 45.6 Å². The van der Waals surface area contributed by atoms with Crippen LogP contribution in [0.1, 0.15) is 48.5 Å². The molecule has 0 heterocycles. The first-order chi connectivity index (χ1) is 10.5. The minimum atomic E-state index is -0.422. The first kappa shape index (κ1) is 15.0. The van der Waals surface area contributed by atoms with Gasteiger partial charge in [-0.05, 0) is 63.0 Å². The number of hydrogen-bond acceptors (Lipinski definition) is 3. The lowest BCUT2D eigenvalue weighted by atomic mass is 9.84. The van der Waals surface area contributed by atoms with Crippen LogP contribution < -0.4 is 5.32 Å². The fourth-order valence-corrected chi connectivity index (χ4v) is 4.31. The summed E-state index contributed by atoms with van der Waals surface area (Å²) >= 11 is 0. The summed E-state index contributed by atoms with van der Waals surface area (Å²) in [4.78, 5) is 22.8. The predicted octanol–water partition coefficient (Wildman–Crippen LogP) is 3.46. The first-order valence-corrected chi connectivity index (χ1v) is 8.01. The van der Waals surface area contributed by atoms with Gasteiger partial charge in [0.1, 0.15) is 0 Å². The van der Waals surface area contributed by atoms with Crippen LogP contribution in [0.25, 0.3) is 0 Å². The topological polar surface area (TPSA) is 72.2 Å². The molecule has 118 valence electrons. The van der Waals surface area contributed by atoms with E-state index >= 15 is 0 Å². The van der Waals surface area contributed by atoms with Crippen LogP contribution in [0, 0.1) is 34.8 Å². The summed E-state index contributed by atoms with van der Waals surface area (Å²) in [5, 5.41) is 13.9. The number of carbonyl (C=O) groups is 1. The van der Waals surface area contributed by atoms with Gasteiger partial charge >= 0.3 is 0 Å². The van der Waals surface area contributed by atoms with Crippen molar-refractivity contribution < 1.29 is 9.72 Å². The van der Waals surface area contributed by atoms with Gasteiger partial charge in [-0.3, -0.25) is 14.9 Å². The normalized spacial score (nSPS) is 27.6. The minimum absolute atomic E-state index is 0.0534. The molecule has 2 bridgehead atoms. The van der Waals surface area contributed by atoms with Crippen LogP contribution in [0.5, 0.6) is 0 Å². The van der Waals surface area contributed by atoms with Crippen molar-refractivity contribution in [3.05, 3.63) is 39.4 Å². The van der Waals surface area contributed by atoms with Gasteiger partial charge in [0.25, 0.3) is 11.6 Å². The van der Waals surface area contributed by atoms with Crippen LogP contribution in [-0.4, -0.2) is 16.9 Å². The third-order valence-electron chi connectivity index (χ3n) is 5.45. The molecule has 4 atom stereocenters. The van der Waals surface area contributed by atoms with Crippen LogP contribution >= 0.6 is 0 Å². The van der Waals surface area contributed by atoms with Crippen molar-refractivity contribution in [3.8, 4) is 0 Å². The quantitative estimate of drug-likeness (QED) is 0.684. The number of nitro benzene ring substituents is 1. The molecule has 0 saturated heterocycles. The Hall–Kier alpha value is -1.91. The molecule has 5 heteroatoms. The van der Waals surface area contributed by atoms with Gasteiger partial charge in [0.15, 0.2) is 0 Å². The molecular formula is C17H22N2O3. The van der Waals surface area contributed by atoms with E-state index in [0.717, 1.165) is 11.8 Å². The second-order valence-corrected chi connectivity index (χ2v) is 6.86. The van der Waals surface area contributed by atoms with Crippen molar-refractivity contribution in [1.29, 1.82) is 0 Å². The van der Waals surface area contributed by atoms with Crippen molar-refractivity contribution in [3.63, 3.8) is 0 Å². The first-order valence-electron chi connectivity index (χ1n) is 8.01. The summed E-state index contributed by atoms with van der Waals surface area (Å²) < 4.78 is 0. The van der Waals surface area contributed by atoms with Crippen molar-refractivity contribution >= 4 is 11.6 Å². The molecule has 2 aliphatic carbocycles. The maximum absolute atomic E-state index is 12.4. The van der Waals surface area contributed by atoms with E-state index in [0.29, 0.717) is 17.0 Å². The van der Waals surface area contributed by atoms with Crippen LogP contribution in [-0.2, 0) is 0 Å². The average molecular weight is 302 g/mol. The molecule has 1 aromatic rings. The summed E-state index contributed by atoms with van der Waals surface area (Å²) in [7, 11) is 0. The number of nitro groups is 1. The number of amides is 1. The molecule has 3 rings (SSSR count). The van der Waals surface area contributed by atoms with Gasteiger partial charge in [0.05, 0.1) is 4.92 Å². The largest absolute Gasteiger partial charge is 0.349 e. The molecule has 0 spiro atoms. The van der Waals surface area contributed by atoms with E-state index in [4.69, 9.17) is 0 Å². The highest BCUT2D eigenvalue weighted by Crippen LogP contribution is 2.49. The van der Waals surface area contributed by atoms with Crippen LogP contribution in [0.4, 0.5) is 5.69 Å². The van der Waals surface area contributed by atoms with Crippen LogP contribution in [0.3, 0.4) is 0 Å². The third-order valence-corrected chi connectivity index (χ3v) is 5.45. The maximum atomic E-state index is 12.4. The molecule has 22 heavy (non-hydrogen) atoms. The Labute approximate surface area is 130 Å². The lowest BCUT2D eigenvalue weighted by Crippen LogP contribution is -2.40. The molecule has 0 radical (unpaired) electrons. The van der Waals surface area contributed by atoms with Gasteiger partial charge < -0.3 is 5.32 Å². The zero-order valence-electron chi connectivity index (χ0n) is 13.0. The van der Waals surface area contributed by atoms with Gasteiger partial charge in [0.2, 0.25) is 0 Å². The summed E-state index contributed by atoms with van der Waals surface area (Å²) in [6, 6.07) is 4.71. The zero-order valence-corrected chi connectivity index (χ0v) is 13.0. The monoisotopic (exact) mass is 302 g/mol. The Morgan fingerprint density at radius 2 is 2.14 bits per heavy atom. The number of carbonyl (C=O) groups excluding carboxylic acids is 1. The Morgan fingerprint density at radius 1 is 1.36 bits per heavy atom. The van der Waals surface area contributed by atoms with E-state index in [1.165, 1.54) is 37.8 Å². The van der Waals surface area contributed by atoms with E-state index in [1.807, 2.05) is 0 Å². The molecule has 1 amide bonds. The van der Waals surface area contributed by atoms with Crippen LogP contribution in [0.15, 0.2) is 18.2 Å². The van der Waals surface area contributed by atoms with Gasteiger partial charge in [-0.1, -0.05) is 6.42 Å². The second kappa shape index (κ2) is 5.71. The SMILES string of the molecule is Cc1cc(C(=O)NC(C)C2CC3CCC2C3)ccc1[N+](=O)[O-]. The van der Waals surface area contributed by atoms with Crippen LogP contribution in [0.2, 0.25) is 0 Å². The van der Waals surface area contributed by atoms with Crippen molar-refractivity contribution in [2.24, 2.45) is 17.8 Å². The molecular weight excluding hydrogens is 280 g/mol.